The average molecular weight is 403 g/mol. The number of nitrogens with one attached hydrogen (secondary N) is 1. The molecule has 0 spiro atoms. The summed E-state index contributed by atoms with van der Waals surface area (Å²) >= 11 is 1.39. The van der Waals surface area contributed by atoms with Crippen molar-refractivity contribution in [2.75, 3.05) is 5.75 Å². The lowest BCUT2D eigenvalue weighted by atomic mass is 10.00. The Kier molecular flexibility index (Phi) is 5.62. The summed E-state index contributed by atoms with van der Waals surface area (Å²) in [5, 5.41) is 14.7. The van der Waals surface area contributed by atoms with E-state index in [1.165, 1.54) is 17.1 Å². The second kappa shape index (κ2) is 8.49. The molecule has 1 N–H and O–H groups in total. The number of hydrogen-bond acceptors (Lipinski definition) is 4. The van der Waals surface area contributed by atoms with E-state index in [1.54, 1.807) is 0 Å². The minimum absolute atomic E-state index is 0.0281. The van der Waals surface area contributed by atoms with E-state index < -0.39 is 0 Å². The van der Waals surface area contributed by atoms with Crippen molar-refractivity contribution >= 4 is 28.4 Å². The van der Waals surface area contributed by atoms with Crippen molar-refractivity contribution in [3.63, 3.8) is 0 Å². The zero-order valence-corrected chi connectivity index (χ0v) is 17.2. The van der Waals surface area contributed by atoms with Crippen LogP contribution in [0, 0.1) is 0 Å². The molecule has 0 radical (unpaired) electrons. The van der Waals surface area contributed by atoms with E-state index in [2.05, 4.69) is 39.8 Å². The number of carbonyl (C=O) groups is 1. The Morgan fingerprint density at radius 1 is 1.00 bits per heavy atom. The van der Waals surface area contributed by atoms with Crippen molar-refractivity contribution < 1.29 is 4.79 Å². The number of carbonyl (C=O) groups excluding carboxylic acids is 1. The van der Waals surface area contributed by atoms with Crippen LogP contribution in [0.4, 0.5) is 0 Å². The maximum Gasteiger partial charge on any atom is 0.230 e. The van der Waals surface area contributed by atoms with Gasteiger partial charge in [-0.05, 0) is 23.3 Å². The van der Waals surface area contributed by atoms with Crippen LogP contribution >= 0.6 is 11.8 Å². The Morgan fingerprint density at radius 2 is 1.72 bits per heavy atom. The van der Waals surface area contributed by atoms with Gasteiger partial charge in [0.2, 0.25) is 5.91 Å². The van der Waals surface area contributed by atoms with Crippen LogP contribution in [0.1, 0.15) is 18.5 Å². The molecule has 5 nitrogen and oxygen atoms in total. The maximum absolute atomic E-state index is 12.5. The molecule has 0 fully saturated rings. The average Bonchev–Trinajstić information content (AvgIpc) is 3.12. The Hall–Kier alpha value is -3.12. The number of hydrogen-bond donors (Lipinski definition) is 1. The predicted octanol–water partition coefficient (Wildman–Crippen LogP) is 4.60. The van der Waals surface area contributed by atoms with E-state index in [9.17, 15) is 4.79 Å². The number of nitrogens with zero attached hydrogens (tertiary/aromatic N) is 3. The summed E-state index contributed by atoms with van der Waals surface area (Å²) in [6, 6.07) is 24.2. The topological polar surface area (TPSA) is 59.8 Å². The summed E-state index contributed by atoms with van der Waals surface area (Å²) in [4.78, 5) is 12.5. The summed E-state index contributed by atoms with van der Waals surface area (Å²) in [6.07, 6.45) is 0. The van der Waals surface area contributed by atoms with Gasteiger partial charge < -0.3 is 9.88 Å². The van der Waals surface area contributed by atoms with Gasteiger partial charge in [-0.25, -0.2) is 0 Å². The molecule has 0 unspecified atom stereocenters. The van der Waals surface area contributed by atoms with Crippen LogP contribution in [0.2, 0.25) is 0 Å². The number of rotatable bonds is 6. The zero-order valence-electron chi connectivity index (χ0n) is 16.4. The molecule has 1 atom stereocenters. The lowest BCUT2D eigenvalue weighted by molar-refractivity contribution is -0.119. The molecular formula is C23H22N4OS. The molecule has 1 amide bonds. The predicted molar refractivity (Wildman–Crippen MR) is 118 cm³/mol. The van der Waals surface area contributed by atoms with Gasteiger partial charge in [-0.1, -0.05) is 84.6 Å². The van der Waals surface area contributed by atoms with Gasteiger partial charge in [0.15, 0.2) is 11.0 Å². The first kappa shape index (κ1) is 19.2. The second-order valence-electron chi connectivity index (χ2n) is 6.88. The molecule has 4 aromatic rings. The first-order valence-corrected chi connectivity index (χ1v) is 10.5. The smallest absolute Gasteiger partial charge is 0.230 e. The van der Waals surface area contributed by atoms with Gasteiger partial charge in [0.25, 0.3) is 0 Å². The largest absolute Gasteiger partial charge is 0.349 e. The van der Waals surface area contributed by atoms with Crippen molar-refractivity contribution in [1.82, 2.24) is 20.1 Å². The minimum atomic E-state index is -0.0754. The molecule has 3 aromatic carbocycles. The molecular weight excluding hydrogens is 380 g/mol. The van der Waals surface area contributed by atoms with Crippen LogP contribution in [0.5, 0.6) is 0 Å². The van der Waals surface area contributed by atoms with Crippen molar-refractivity contribution in [3.05, 3.63) is 78.4 Å². The highest BCUT2D eigenvalue weighted by Gasteiger charge is 2.15. The van der Waals surface area contributed by atoms with Crippen LogP contribution in [-0.2, 0) is 11.8 Å². The molecule has 0 saturated heterocycles. The van der Waals surface area contributed by atoms with Crippen molar-refractivity contribution in [2.45, 2.75) is 18.1 Å². The third kappa shape index (κ3) is 4.17. The normalized spacial score (nSPS) is 12.1. The van der Waals surface area contributed by atoms with Gasteiger partial charge in [0.05, 0.1) is 11.8 Å². The number of amides is 1. The van der Waals surface area contributed by atoms with Crippen LogP contribution in [0.3, 0.4) is 0 Å². The molecule has 0 aliphatic carbocycles. The Bertz CT molecular complexity index is 1130. The monoisotopic (exact) mass is 402 g/mol. The van der Waals surface area contributed by atoms with E-state index >= 15 is 0 Å². The van der Waals surface area contributed by atoms with Gasteiger partial charge in [-0.2, -0.15) is 0 Å². The number of thioether (sulfide) groups is 1. The third-order valence-corrected chi connectivity index (χ3v) is 5.89. The van der Waals surface area contributed by atoms with E-state index in [1.807, 2.05) is 67.1 Å². The van der Waals surface area contributed by atoms with Gasteiger partial charge in [-0.3, -0.25) is 4.79 Å². The Labute approximate surface area is 174 Å². The van der Waals surface area contributed by atoms with Gasteiger partial charge in [0, 0.05) is 12.6 Å². The van der Waals surface area contributed by atoms with E-state index in [0.29, 0.717) is 0 Å². The van der Waals surface area contributed by atoms with Crippen molar-refractivity contribution in [3.8, 4) is 11.4 Å². The van der Waals surface area contributed by atoms with Crippen molar-refractivity contribution in [1.29, 1.82) is 0 Å². The van der Waals surface area contributed by atoms with Crippen LogP contribution in [0.25, 0.3) is 22.2 Å². The highest BCUT2D eigenvalue weighted by atomic mass is 32.2. The lowest BCUT2D eigenvalue weighted by Crippen LogP contribution is -2.28. The lowest BCUT2D eigenvalue weighted by Gasteiger charge is -2.16. The fourth-order valence-electron chi connectivity index (χ4n) is 3.40. The quantitative estimate of drug-likeness (QED) is 0.479. The van der Waals surface area contributed by atoms with Crippen LogP contribution < -0.4 is 5.32 Å². The molecule has 0 aliphatic heterocycles. The highest BCUT2D eigenvalue weighted by molar-refractivity contribution is 7.99. The second-order valence-corrected chi connectivity index (χ2v) is 7.82. The molecule has 0 bridgehead atoms. The van der Waals surface area contributed by atoms with Gasteiger partial charge in [-0.15, -0.1) is 10.2 Å². The minimum Gasteiger partial charge on any atom is -0.349 e. The Morgan fingerprint density at radius 3 is 2.55 bits per heavy atom. The fourth-order valence-corrected chi connectivity index (χ4v) is 4.12. The van der Waals surface area contributed by atoms with Crippen LogP contribution in [0.15, 0.2) is 78.0 Å². The van der Waals surface area contributed by atoms with E-state index in [-0.39, 0.29) is 17.7 Å². The third-order valence-electron chi connectivity index (χ3n) is 4.87. The van der Waals surface area contributed by atoms with E-state index in [4.69, 9.17) is 0 Å². The molecule has 0 saturated carbocycles. The molecule has 0 aliphatic rings. The maximum atomic E-state index is 12.5. The summed E-state index contributed by atoms with van der Waals surface area (Å²) < 4.78 is 1.92. The number of benzene rings is 3. The van der Waals surface area contributed by atoms with E-state index in [0.717, 1.165) is 27.5 Å². The molecule has 1 aromatic heterocycles. The summed E-state index contributed by atoms with van der Waals surface area (Å²) in [5.41, 5.74) is 2.12. The Balaban J connectivity index is 1.41. The molecule has 146 valence electrons. The first-order valence-electron chi connectivity index (χ1n) is 9.48. The van der Waals surface area contributed by atoms with Gasteiger partial charge >= 0.3 is 0 Å². The molecule has 29 heavy (non-hydrogen) atoms. The highest BCUT2D eigenvalue weighted by Crippen LogP contribution is 2.25. The summed E-state index contributed by atoms with van der Waals surface area (Å²) in [7, 11) is 1.92. The SMILES string of the molecule is C[C@@H](NC(=O)CSc1nnc(-c2ccccc2)n1C)c1cccc2ccccc12. The first-order chi connectivity index (χ1) is 14.1. The molecule has 6 heteroatoms. The van der Waals surface area contributed by atoms with Gasteiger partial charge in [0.1, 0.15) is 0 Å². The standard InChI is InChI=1S/C23H22N4OS/c1-16(19-14-8-12-17-9-6-7-13-20(17)19)24-21(28)15-29-23-26-25-22(27(23)2)18-10-4-3-5-11-18/h3-14,16H,15H2,1-2H3,(H,24,28)/t16-/m1/s1. The number of aromatic nitrogens is 3. The van der Waals surface area contributed by atoms with Crippen LogP contribution in [-0.4, -0.2) is 26.4 Å². The zero-order chi connectivity index (χ0) is 20.2. The number of fused-ring (bicyclic) bond motifs is 1. The summed E-state index contributed by atoms with van der Waals surface area (Å²) in [6.45, 7) is 2.01. The summed E-state index contributed by atoms with van der Waals surface area (Å²) in [5.74, 6) is 1.05. The fraction of sp³-hybridized carbons (Fsp3) is 0.174. The molecule has 4 rings (SSSR count). The van der Waals surface area contributed by atoms with Crippen molar-refractivity contribution in [2.24, 2.45) is 7.05 Å². The molecule has 1 heterocycles.